The predicted octanol–water partition coefficient (Wildman–Crippen LogP) is 5.01. The molecule has 0 fully saturated rings. The molecule has 2 unspecified atom stereocenters. The second-order valence-corrected chi connectivity index (χ2v) is 6.72. The number of nitrogens with one attached hydrogen (secondary N) is 1. The third kappa shape index (κ3) is 4.03. The largest absolute Gasteiger partial charge is 0.459 e. The van der Waals surface area contributed by atoms with Crippen molar-refractivity contribution in [3.8, 4) is 0 Å². The third-order valence-electron chi connectivity index (χ3n) is 3.55. The standard InChI is InChI=1S/C17H25NOS/c1-4-10-18-15(12-20-13(3)5-2)17-11-14-8-6-7-9-16(14)19-17/h6-9,11,13,15,18H,4-5,10,12H2,1-3H3. The zero-order valence-electron chi connectivity index (χ0n) is 12.7. The van der Waals surface area contributed by atoms with E-state index < -0.39 is 0 Å². The van der Waals surface area contributed by atoms with Gasteiger partial charge in [-0.05, 0) is 31.5 Å². The highest BCUT2D eigenvalue weighted by Gasteiger charge is 2.16. The highest BCUT2D eigenvalue weighted by molar-refractivity contribution is 7.99. The van der Waals surface area contributed by atoms with E-state index in [1.165, 1.54) is 11.8 Å². The average molecular weight is 291 g/mol. The summed E-state index contributed by atoms with van der Waals surface area (Å²) >= 11 is 2.02. The lowest BCUT2D eigenvalue weighted by Gasteiger charge is -2.18. The summed E-state index contributed by atoms with van der Waals surface area (Å²) in [4.78, 5) is 0. The number of hydrogen-bond acceptors (Lipinski definition) is 3. The zero-order chi connectivity index (χ0) is 14.4. The third-order valence-corrected chi connectivity index (χ3v) is 4.98. The maximum atomic E-state index is 6.02. The molecule has 110 valence electrons. The van der Waals surface area contributed by atoms with Crippen LogP contribution in [-0.4, -0.2) is 17.5 Å². The number of para-hydroxylation sites is 1. The van der Waals surface area contributed by atoms with Gasteiger partial charge < -0.3 is 9.73 Å². The molecule has 1 aromatic heterocycles. The van der Waals surface area contributed by atoms with E-state index in [9.17, 15) is 0 Å². The van der Waals surface area contributed by atoms with Gasteiger partial charge in [0.15, 0.2) is 0 Å². The summed E-state index contributed by atoms with van der Waals surface area (Å²) in [6.07, 6.45) is 2.36. The first-order valence-electron chi connectivity index (χ1n) is 7.58. The van der Waals surface area contributed by atoms with Gasteiger partial charge >= 0.3 is 0 Å². The van der Waals surface area contributed by atoms with E-state index in [4.69, 9.17) is 4.42 Å². The van der Waals surface area contributed by atoms with Gasteiger partial charge in [0.25, 0.3) is 0 Å². The number of thioether (sulfide) groups is 1. The van der Waals surface area contributed by atoms with Crippen molar-refractivity contribution in [2.24, 2.45) is 0 Å². The number of furan rings is 1. The van der Waals surface area contributed by atoms with Gasteiger partial charge in [-0.25, -0.2) is 0 Å². The molecule has 1 aromatic carbocycles. The smallest absolute Gasteiger partial charge is 0.134 e. The Labute approximate surface area is 126 Å². The molecule has 0 radical (unpaired) electrons. The fourth-order valence-electron chi connectivity index (χ4n) is 2.11. The molecule has 20 heavy (non-hydrogen) atoms. The molecular formula is C17H25NOS. The lowest BCUT2D eigenvalue weighted by Crippen LogP contribution is -2.24. The van der Waals surface area contributed by atoms with Crippen molar-refractivity contribution in [3.05, 3.63) is 36.1 Å². The summed E-state index contributed by atoms with van der Waals surface area (Å²) in [6.45, 7) is 7.76. The Morgan fingerprint density at radius 3 is 2.75 bits per heavy atom. The second kappa shape index (κ2) is 7.75. The quantitative estimate of drug-likeness (QED) is 0.740. The molecule has 0 saturated heterocycles. The molecule has 0 spiro atoms. The molecule has 1 N–H and O–H groups in total. The SMILES string of the molecule is CCCNC(CSC(C)CC)c1cc2ccccc2o1. The monoisotopic (exact) mass is 291 g/mol. The number of hydrogen-bond donors (Lipinski definition) is 1. The van der Waals surface area contributed by atoms with Crippen LogP contribution in [0.5, 0.6) is 0 Å². The van der Waals surface area contributed by atoms with Gasteiger partial charge in [0.2, 0.25) is 0 Å². The molecule has 0 aliphatic carbocycles. The molecule has 3 heteroatoms. The number of benzene rings is 1. The molecular weight excluding hydrogens is 266 g/mol. The Balaban J connectivity index is 2.11. The molecule has 2 aromatic rings. The predicted molar refractivity (Wildman–Crippen MR) is 89.5 cm³/mol. The minimum Gasteiger partial charge on any atom is -0.459 e. The molecule has 0 saturated carbocycles. The van der Waals surface area contributed by atoms with E-state index in [2.05, 4.69) is 44.3 Å². The van der Waals surface area contributed by atoms with Crippen LogP contribution in [-0.2, 0) is 0 Å². The lowest BCUT2D eigenvalue weighted by atomic mass is 10.2. The first-order chi connectivity index (χ1) is 9.74. The Hall–Kier alpha value is -0.930. The highest BCUT2D eigenvalue weighted by atomic mass is 32.2. The number of fused-ring (bicyclic) bond motifs is 1. The van der Waals surface area contributed by atoms with Crippen molar-refractivity contribution < 1.29 is 4.42 Å². The van der Waals surface area contributed by atoms with E-state index >= 15 is 0 Å². The summed E-state index contributed by atoms with van der Waals surface area (Å²) in [5.74, 6) is 2.13. The van der Waals surface area contributed by atoms with Crippen molar-refractivity contribution in [1.29, 1.82) is 0 Å². The molecule has 2 nitrogen and oxygen atoms in total. The molecule has 0 aliphatic rings. The zero-order valence-corrected chi connectivity index (χ0v) is 13.5. The van der Waals surface area contributed by atoms with Gasteiger partial charge in [-0.15, -0.1) is 0 Å². The maximum absolute atomic E-state index is 6.02. The maximum Gasteiger partial charge on any atom is 0.134 e. The fourth-order valence-corrected chi connectivity index (χ4v) is 3.15. The molecule has 1 heterocycles. The van der Waals surface area contributed by atoms with Crippen LogP contribution in [0.3, 0.4) is 0 Å². The van der Waals surface area contributed by atoms with Crippen molar-refractivity contribution in [2.75, 3.05) is 12.3 Å². The minimum atomic E-state index is 0.307. The Kier molecular flexibility index (Phi) is 5.99. The van der Waals surface area contributed by atoms with Crippen LogP contribution in [0.2, 0.25) is 0 Å². The minimum absolute atomic E-state index is 0.307. The first-order valence-corrected chi connectivity index (χ1v) is 8.63. The van der Waals surface area contributed by atoms with Crippen LogP contribution in [0, 0.1) is 0 Å². The summed E-state index contributed by atoms with van der Waals surface area (Å²) < 4.78 is 6.02. The second-order valence-electron chi connectivity index (χ2n) is 5.25. The first kappa shape index (κ1) is 15.5. The van der Waals surface area contributed by atoms with Crippen LogP contribution in [0.1, 0.15) is 45.4 Å². The van der Waals surface area contributed by atoms with Crippen LogP contribution < -0.4 is 5.32 Å². The number of rotatable bonds is 8. The van der Waals surface area contributed by atoms with E-state index in [1.807, 2.05) is 23.9 Å². The van der Waals surface area contributed by atoms with Gasteiger partial charge in [0.1, 0.15) is 11.3 Å². The van der Waals surface area contributed by atoms with E-state index in [0.29, 0.717) is 11.3 Å². The van der Waals surface area contributed by atoms with E-state index in [0.717, 1.165) is 30.1 Å². The molecule has 0 bridgehead atoms. The summed E-state index contributed by atoms with van der Waals surface area (Å²) in [6, 6.07) is 10.7. The van der Waals surface area contributed by atoms with Gasteiger partial charge in [-0.2, -0.15) is 11.8 Å². The fraction of sp³-hybridized carbons (Fsp3) is 0.529. The molecule has 2 rings (SSSR count). The Bertz CT molecular complexity index is 489. The summed E-state index contributed by atoms with van der Waals surface area (Å²) in [7, 11) is 0. The highest BCUT2D eigenvalue weighted by Crippen LogP contribution is 2.27. The molecule has 0 aliphatic heterocycles. The summed E-state index contributed by atoms with van der Waals surface area (Å²) in [5, 5.41) is 5.50. The Morgan fingerprint density at radius 2 is 2.05 bits per heavy atom. The van der Waals surface area contributed by atoms with E-state index in [1.54, 1.807) is 0 Å². The van der Waals surface area contributed by atoms with Crippen molar-refractivity contribution in [1.82, 2.24) is 5.32 Å². The van der Waals surface area contributed by atoms with Gasteiger partial charge in [-0.1, -0.05) is 39.0 Å². The molecule has 0 amide bonds. The van der Waals surface area contributed by atoms with Crippen molar-refractivity contribution >= 4 is 22.7 Å². The summed E-state index contributed by atoms with van der Waals surface area (Å²) in [5.41, 5.74) is 0.985. The van der Waals surface area contributed by atoms with Gasteiger partial charge in [0.05, 0.1) is 6.04 Å². The normalized spacial score (nSPS) is 14.6. The molecule has 2 atom stereocenters. The van der Waals surface area contributed by atoms with Crippen molar-refractivity contribution in [3.63, 3.8) is 0 Å². The van der Waals surface area contributed by atoms with Crippen LogP contribution in [0.25, 0.3) is 11.0 Å². The van der Waals surface area contributed by atoms with Crippen LogP contribution in [0.15, 0.2) is 34.7 Å². The van der Waals surface area contributed by atoms with E-state index in [-0.39, 0.29) is 0 Å². The lowest BCUT2D eigenvalue weighted by molar-refractivity contribution is 0.456. The van der Waals surface area contributed by atoms with Crippen LogP contribution >= 0.6 is 11.8 Å². The van der Waals surface area contributed by atoms with Gasteiger partial charge in [-0.3, -0.25) is 0 Å². The van der Waals surface area contributed by atoms with Crippen molar-refractivity contribution in [2.45, 2.75) is 44.9 Å². The topological polar surface area (TPSA) is 25.2 Å². The Morgan fingerprint density at radius 1 is 1.25 bits per heavy atom. The van der Waals surface area contributed by atoms with Crippen LogP contribution in [0.4, 0.5) is 0 Å². The average Bonchev–Trinajstić information content (AvgIpc) is 2.90. The van der Waals surface area contributed by atoms with Gasteiger partial charge in [0, 0.05) is 16.4 Å².